The zero-order chi connectivity index (χ0) is 19.4. The van der Waals surface area contributed by atoms with Crippen molar-refractivity contribution < 1.29 is 30.0 Å². The molecule has 0 aromatic rings. The number of aliphatic hydroxyl groups excluding tert-OH is 4. The summed E-state index contributed by atoms with van der Waals surface area (Å²) in [5.74, 6) is -0.0322. The topological polar surface area (TPSA) is 143 Å². The van der Waals surface area contributed by atoms with E-state index in [1.165, 1.54) is 0 Å². The predicted octanol–water partition coefficient (Wildman–Crippen LogP) is -0.523. The first-order valence-electron chi connectivity index (χ1n) is 7.85. The monoisotopic (exact) mass is 383 g/mol. The molecule has 1 unspecified atom stereocenters. The molecule has 0 spiro atoms. The van der Waals surface area contributed by atoms with Crippen LogP contribution in [-0.4, -0.2) is 92.6 Å². The molecular weight excluding hydrogens is 358 g/mol. The molecule has 4 N–H and O–H groups in total. The van der Waals surface area contributed by atoms with Gasteiger partial charge < -0.3 is 25.2 Å². The molecule has 5 atom stereocenters. The van der Waals surface area contributed by atoms with Crippen molar-refractivity contribution in [3.05, 3.63) is 4.91 Å². The van der Waals surface area contributed by atoms with Gasteiger partial charge in [0, 0.05) is 12.4 Å². The smallest absolute Gasteiger partial charge is 0.345 e. The summed E-state index contributed by atoms with van der Waals surface area (Å²) >= 11 is 5.56. The fourth-order valence-electron chi connectivity index (χ4n) is 2.52. The van der Waals surface area contributed by atoms with Gasteiger partial charge in [0.2, 0.25) is 0 Å². The van der Waals surface area contributed by atoms with Gasteiger partial charge in [-0.25, -0.2) is 4.79 Å². The number of rotatable bonds is 6. The lowest BCUT2D eigenvalue weighted by molar-refractivity contribution is -0.260. The van der Waals surface area contributed by atoms with Crippen molar-refractivity contribution in [1.29, 1.82) is 0 Å². The highest BCUT2D eigenvalue weighted by Crippen LogP contribution is 2.27. The Morgan fingerprint density at radius 3 is 2.24 bits per heavy atom. The van der Waals surface area contributed by atoms with Crippen molar-refractivity contribution in [2.75, 3.05) is 25.6 Å². The normalized spacial score (nSPS) is 30.0. The SMILES string of the molecule is CC(C)(C)CN(C(=O)N(CCCl)N=O)C1O[C@H](CO)[C@H](O)[C@H](O)[C@H]1O. The number of aliphatic hydroxyl groups is 4. The van der Waals surface area contributed by atoms with Crippen LogP contribution in [0.25, 0.3) is 0 Å². The molecular formula is C14H26ClN3O7. The number of carbonyl (C=O) groups excluding carboxylic acids is 1. The highest BCUT2D eigenvalue weighted by Gasteiger charge is 2.48. The summed E-state index contributed by atoms with van der Waals surface area (Å²) in [6.45, 7) is 4.72. The second-order valence-electron chi connectivity index (χ2n) is 7.08. The molecule has 1 aliphatic heterocycles. The molecule has 1 aliphatic rings. The Bertz CT molecular complexity index is 460. The van der Waals surface area contributed by atoms with E-state index < -0.39 is 48.7 Å². The fourth-order valence-corrected chi connectivity index (χ4v) is 2.68. The molecule has 1 rings (SSSR count). The molecule has 0 bridgehead atoms. The van der Waals surface area contributed by atoms with Crippen molar-refractivity contribution in [2.24, 2.45) is 10.7 Å². The van der Waals surface area contributed by atoms with Crippen LogP contribution < -0.4 is 0 Å². The van der Waals surface area contributed by atoms with E-state index in [1.807, 2.05) is 20.8 Å². The Morgan fingerprint density at radius 2 is 1.80 bits per heavy atom. The lowest BCUT2D eigenvalue weighted by atomic mass is 9.93. The van der Waals surface area contributed by atoms with E-state index in [1.54, 1.807) is 0 Å². The summed E-state index contributed by atoms with van der Waals surface area (Å²) in [6.07, 6.45) is -7.40. The van der Waals surface area contributed by atoms with Crippen molar-refractivity contribution in [2.45, 2.75) is 51.4 Å². The third-order valence-corrected chi connectivity index (χ3v) is 3.85. The minimum absolute atomic E-state index is 0.0322. The molecule has 11 heteroatoms. The van der Waals surface area contributed by atoms with Crippen LogP contribution in [0.2, 0.25) is 0 Å². The highest BCUT2D eigenvalue weighted by atomic mass is 35.5. The van der Waals surface area contributed by atoms with Crippen LogP contribution in [0, 0.1) is 10.3 Å². The maximum absolute atomic E-state index is 12.7. The largest absolute Gasteiger partial charge is 0.394 e. The zero-order valence-corrected chi connectivity index (χ0v) is 15.2. The van der Waals surface area contributed by atoms with Gasteiger partial charge in [-0.15, -0.1) is 16.5 Å². The van der Waals surface area contributed by atoms with Crippen LogP contribution in [0.3, 0.4) is 0 Å². The number of carbonyl (C=O) groups is 1. The molecule has 1 heterocycles. The molecule has 0 radical (unpaired) electrons. The van der Waals surface area contributed by atoms with Crippen LogP contribution >= 0.6 is 11.6 Å². The van der Waals surface area contributed by atoms with Gasteiger partial charge in [-0.2, -0.15) is 5.01 Å². The molecule has 1 saturated heterocycles. The van der Waals surface area contributed by atoms with Gasteiger partial charge in [-0.05, 0) is 5.41 Å². The first kappa shape index (κ1) is 22.0. The second kappa shape index (κ2) is 9.06. The zero-order valence-electron chi connectivity index (χ0n) is 14.4. The number of amides is 2. The van der Waals surface area contributed by atoms with Gasteiger partial charge in [0.25, 0.3) is 0 Å². The van der Waals surface area contributed by atoms with Crippen LogP contribution in [0.5, 0.6) is 0 Å². The van der Waals surface area contributed by atoms with E-state index in [4.69, 9.17) is 16.3 Å². The minimum Gasteiger partial charge on any atom is -0.394 e. The van der Waals surface area contributed by atoms with Gasteiger partial charge >= 0.3 is 6.03 Å². The number of hydrogen-bond donors (Lipinski definition) is 4. The highest BCUT2D eigenvalue weighted by molar-refractivity contribution is 6.18. The number of nitrogens with zero attached hydrogens (tertiary/aromatic N) is 3. The van der Waals surface area contributed by atoms with E-state index >= 15 is 0 Å². The van der Waals surface area contributed by atoms with Crippen LogP contribution in [0.4, 0.5) is 4.79 Å². The van der Waals surface area contributed by atoms with E-state index in [2.05, 4.69) is 5.29 Å². The predicted molar refractivity (Wildman–Crippen MR) is 88.5 cm³/mol. The van der Waals surface area contributed by atoms with Crippen LogP contribution in [0.15, 0.2) is 5.29 Å². The fraction of sp³-hybridized carbons (Fsp3) is 0.929. The summed E-state index contributed by atoms with van der Waals surface area (Å²) in [7, 11) is 0. The number of nitroso groups, excluding NO2 is 1. The summed E-state index contributed by atoms with van der Waals surface area (Å²) < 4.78 is 5.42. The average molecular weight is 384 g/mol. The van der Waals surface area contributed by atoms with Crippen LogP contribution in [0.1, 0.15) is 20.8 Å². The maximum atomic E-state index is 12.7. The summed E-state index contributed by atoms with van der Waals surface area (Å²) in [4.78, 5) is 24.7. The quantitative estimate of drug-likeness (QED) is 0.274. The third-order valence-electron chi connectivity index (χ3n) is 3.68. The van der Waals surface area contributed by atoms with E-state index in [0.717, 1.165) is 4.90 Å². The molecule has 2 amide bonds. The second-order valence-corrected chi connectivity index (χ2v) is 7.46. The molecule has 0 aliphatic carbocycles. The first-order valence-corrected chi connectivity index (χ1v) is 8.38. The number of halogens is 1. The van der Waals surface area contributed by atoms with Crippen molar-refractivity contribution in [1.82, 2.24) is 9.91 Å². The van der Waals surface area contributed by atoms with Gasteiger partial charge in [-0.1, -0.05) is 20.8 Å². The minimum atomic E-state index is -1.64. The van der Waals surface area contributed by atoms with E-state index in [0.29, 0.717) is 5.01 Å². The lowest BCUT2D eigenvalue weighted by Gasteiger charge is -2.46. The molecule has 0 saturated carbocycles. The number of hydrogen-bond acceptors (Lipinski definition) is 8. The summed E-state index contributed by atoms with van der Waals surface area (Å²) in [5.41, 5.74) is -0.454. The van der Waals surface area contributed by atoms with E-state index in [-0.39, 0.29) is 19.0 Å². The standard InChI is InChI=1S/C14H26ClN3O7/c1-14(2,3)7-17(13(23)18(16-24)5-4-15)12-11(22)10(21)9(20)8(6-19)25-12/h8-12,19-22H,4-7H2,1-3H3/t8-,9+,10+,11-,12?/m1/s1. The maximum Gasteiger partial charge on any atom is 0.345 e. The van der Waals surface area contributed by atoms with Gasteiger partial charge in [-0.3, -0.25) is 4.90 Å². The first-order chi connectivity index (χ1) is 11.6. The molecule has 1 fully saturated rings. The Labute approximate surface area is 150 Å². The summed E-state index contributed by atoms with van der Waals surface area (Å²) in [5, 5.41) is 42.6. The van der Waals surface area contributed by atoms with Gasteiger partial charge in [0.05, 0.1) is 18.4 Å². The van der Waals surface area contributed by atoms with Crippen molar-refractivity contribution in [3.63, 3.8) is 0 Å². The van der Waals surface area contributed by atoms with Gasteiger partial charge in [0.1, 0.15) is 24.4 Å². The lowest BCUT2D eigenvalue weighted by Crippen LogP contribution is -2.65. The summed E-state index contributed by atoms with van der Waals surface area (Å²) in [6, 6.07) is -0.866. The molecule has 0 aromatic carbocycles. The number of alkyl halides is 1. The van der Waals surface area contributed by atoms with Crippen molar-refractivity contribution >= 4 is 17.6 Å². The molecule has 25 heavy (non-hydrogen) atoms. The molecule has 0 aromatic heterocycles. The Morgan fingerprint density at radius 1 is 1.20 bits per heavy atom. The van der Waals surface area contributed by atoms with Gasteiger partial charge in [0.15, 0.2) is 6.23 Å². The molecule has 10 nitrogen and oxygen atoms in total. The van der Waals surface area contributed by atoms with Crippen molar-refractivity contribution in [3.8, 4) is 0 Å². The Balaban J connectivity index is 3.17. The van der Waals surface area contributed by atoms with Crippen LogP contribution in [-0.2, 0) is 4.74 Å². The third kappa shape index (κ3) is 5.47. The number of ether oxygens (including phenoxy) is 1. The van der Waals surface area contributed by atoms with E-state index in [9.17, 15) is 30.1 Å². The average Bonchev–Trinajstić information content (AvgIpc) is 2.54. The number of urea groups is 1. The Kier molecular flexibility index (Phi) is 7.97. The Hall–Kier alpha value is -1.04. The molecule has 146 valence electrons.